The first-order valence-corrected chi connectivity index (χ1v) is 7.58. The summed E-state index contributed by atoms with van der Waals surface area (Å²) in [6.45, 7) is 1.77. The van der Waals surface area contributed by atoms with Gasteiger partial charge in [-0.3, -0.25) is 0 Å². The molecular formula is C16H18FNS. The zero-order valence-corrected chi connectivity index (χ0v) is 11.8. The molecular weight excluding hydrogens is 257 g/mol. The van der Waals surface area contributed by atoms with Gasteiger partial charge in [-0.2, -0.15) is 0 Å². The number of thioether (sulfide) groups is 1. The van der Waals surface area contributed by atoms with E-state index in [0.717, 1.165) is 25.1 Å². The van der Waals surface area contributed by atoms with E-state index in [-0.39, 0.29) is 5.82 Å². The second-order valence-corrected chi connectivity index (χ2v) is 5.28. The van der Waals surface area contributed by atoms with Crippen LogP contribution in [0.15, 0.2) is 53.4 Å². The van der Waals surface area contributed by atoms with Gasteiger partial charge in [-0.05, 0) is 54.6 Å². The molecule has 3 heteroatoms. The molecule has 0 amide bonds. The van der Waals surface area contributed by atoms with Gasteiger partial charge in [-0.25, -0.2) is 4.39 Å². The van der Waals surface area contributed by atoms with Crippen molar-refractivity contribution in [1.82, 2.24) is 5.32 Å². The monoisotopic (exact) mass is 275 g/mol. The van der Waals surface area contributed by atoms with Crippen molar-refractivity contribution in [2.75, 3.05) is 12.8 Å². The molecule has 0 saturated carbocycles. The van der Waals surface area contributed by atoms with Crippen LogP contribution in [0.3, 0.4) is 0 Å². The first kappa shape index (κ1) is 14.1. The van der Waals surface area contributed by atoms with Gasteiger partial charge in [0.05, 0.1) is 0 Å². The Bertz CT molecular complexity index is 493. The highest BCUT2D eigenvalue weighted by Gasteiger charge is 1.96. The van der Waals surface area contributed by atoms with E-state index in [1.165, 1.54) is 22.6 Å². The number of rotatable bonds is 6. The molecule has 0 radical (unpaired) electrons. The average molecular weight is 275 g/mol. The van der Waals surface area contributed by atoms with E-state index in [4.69, 9.17) is 0 Å². The minimum absolute atomic E-state index is 0.175. The molecule has 0 saturated heterocycles. The molecule has 0 spiro atoms. The number of halogens is 1. The van der Waals surface area contributed by atoms with Crippen molar-refractivity contribution in [2.24, 2.45) is 0 Å². The zero-order valence-electron chi connectivity index (χ0n) is 11.0. The first-order valence-electron chi connectivity index (χ1n) is 6.36. The third kappa shape index (κ3) is 4.69. The Kier molecular flexibility index (Phi) is 5.43. The minimum Gasteiger partial charge on any atom is -0.312 e. The summed E-state index contributed by atoms with van der Waals surface area (Å²) >= 11 is 1.75. The summed E-state index contributed by atoms with van der Waals surface area (Å²) in [7, 11) is 0. The van der Waals surface area contributed by atoms with Gasteiger partial charge in [-0.1, -0.05) is 24.3 Å². The van der Waals surface area contributed by atoms with Crippen molar-refractivity contribution < 1.29 is 4.39 Å². The lowest BCUT2D eigenvalue weighted by Crippen LogP contribution is -2.16. The van der Waals surface area contributed by atoms with Crippen LogP contribution in [0.25, 0.3) is 0 Å². The predicted octanol–water partition coefficient (Wildman–Crippen LogP) is 3.88. The molecule has 19 heavy (non-hydrogen) atoms. The lowest BCUT2D eigenvalue weighted by Gasteiger charge is -2.06. The molecule has 2 aromatic carbocycles. The van der Waals surface area contributed by atoms with E-state index in [1.54, 1.807) is 11.8 Å². The molecule has 0 fully saturated rings. The Hall–Kier alpha value is -1.32. The fraction of sp³-hybridized carbons (Fsp3) is 0.250. The van der Waals surface area contributed by atoms with Crippen LogP contribution >= 0.6 is 11.8 Å². The minimum atomic E-state index is -0.175. The Balaban J connectivity index is 1.72. The molecule has 0 aliphatic carbocycles. The van der Waals surface area contributed by atoms with Crippen LogP contribution in [-0.2, 0) is 13.0 Å². The summed E-state index contributed by atoms with van der Waals surface area (Å²) in [5, 5.41) is 3.40. The fourth-order valence-electron chi connectivity index (χ4n) is 1.86. The average Bonchev–Trinajstić information content (AvgIpc) is 2.46. The van der Waals surface area contributed by atoms with E-state index in [9.17, 15) is 4.39 Å². The van der Waals surface area contributed by atoms with Crippen molar-refractivity contribution in [2.45, 2.75) is 17.9 Å². The van der Waals surface area contributed by atoms with Crippen LogP contribution in [0.1, 0.15) is 11.1 Å². The molecule has 1 N–H and O–H groups in total. The summed E-state index contributed by atoms with van der Waals surface area (Å²) in [4.78, 5) is 1.29. The van der Waals surface area contributed by atoms with E-state index < -0.39 is 0 Å². The summed E-state index contributed by atoms with van der Waals surface area (Å²) in [5.74, 6) is -0.175. The first-order chi connectivity index (χ1) is 9.28. The molecule has 2 rings (SSSR count). The van der Waals surface area contributed by atoms with Gasteiger partial charge >= 0.3 is 0 Å². The van der Waals surface area contributed by atoms with E-state index >= 15 is 0 Å². The van der Waals surface area contributed by atoms with Gasteiger partial charge < -0.3 is 5.32 Å². The molecule has 0 aliphatic rings. The quantitative estimate of drug-likeness (QED) is 0.634. The topological polar surface area (TPSA) is 12.0 Å². The maximum Gasteiger partial charge on any atom is 0.123 e. The van der Waals surface area contributed by atoms with Crippen LogP contribution in [0.2, 0.25) is 0 Å². The van der Waals surface area contributed by atoms with Gasteiger partial charge in [0.25, 0.3) is 0 Å². The maximum atomic E-state index is 12.7. The van der Waals surface area contributed by atoms with Crippen LogP contribution in [0.5, 0.6) is 0 Å². The lowest BCUT2D eigenvalue weighted by atomic mass is 10.1. The van der Waals surface area contributed by atoms with Gasteiger partial charge in [0.1, 0.15) is 5.82 Å². The van der Waals surface area contributed by atoms with Crippen molar-refractivity contribution in [3.05, 3.63) is 65.5 Å². The van der Waals surface area contributed by atoms with Crippen molar-refractivity contribution in [3.8, 4) is 0 Å². The van der Waals surface area contributed by atoms with E-state index in [0.29, 0.717) is 0 Å². The zero-order chi connectivity index (χ0) is 13.5. The van der Waals surface area contributed by atoms with Crippen LogP contribution < -0.4 is 5.32 Å². The van der Waals surface area contributed by atoms with Gasteiger partial charge in [-0.15, -0.1) is 11.8 Å². The Morgan fingerprint density at radius 1 is 0.947 bits per heavy atom. The SMILES string of the molecule is CSc1ccc(CNCCc2ccc(F)cc2)cc1. The molecule has 0 heterocycles. The fourth-order valence-corrected chi connectivity index (χ4v) is 2.27. The highest BCUT2D eigenvalue weighted by molar-refractivity contribution is 7.98. The number of hydrogen-bond acceptors (Lipinski definition) is 2. The third-order valence-electron chi connectivity index (χ3n) is 2.99. The van der Waals surface area contributed by atoms with E-state index in [2.05, 4.69) is 35.8 Å². The Labute approximate surface area is 118 Å². The number of hydrogen-bond donors (Lipinski definition) is 1. The molecule has 0 unspecified atom stereocenters. The van der Waals surface area contributed by atoms with Gasteiger partial charge in [0.2, 0.25) is 0 Å². The van der Waals surface area contributed by atoms with Crippen molar-refractivity contribution >= 4 is 11.8 Å². The highest BCUT2D eigenvalue weighted by atomic mass is 32.2. The van der Waals surface area contributed by atoms with Crippen LogP contribution in [-0.4, -0.2) is 12.8 Å². The molecule has 100 valence electrons. The summed E-state index contributed by atoms with van der Waals surface area (Å²) in [5.41, 5.74) is 2.45. The second-order valence-electron chi connectivity index (χ2n) is 4.40. The molecule has 1 nitrogen and oxygen atoms in total. The molecule has 0 bridgehead atoms. The summed E-state index contributed by atoms with van der Waals surface area (Å²) in [6.07, 6.45) is 3.00. The van der Waals surface area contributed by atoms with Gasteiger partial charge in [0.15, 0.2) is 0 Å². The summed E-state index contributed by atoms with van der Waals surface area (Å²) < 4.78 is 12.7. The van der Waals surface area contributed by atoms with Crippen LogP contribution in [0, 0.1) is 5.82 Å². The highest BCUT2D eigenvalue weighted by Crippen LogP contribution is 2.14. The lowest BCUT2D eigenvalue weighted by molar-refractivity contribution is 0.626. The smallest absolute Gasteiger partial charge is 0.123 e. The van der Waals surface area contributed by atoms with E-state index in [1.807, 2.05) is 12.1 Å². The Morgan fingerprint density at radius 2 is 1.58 bits per heavy atom. The molecule has 0 atom stereocenters. The molecule has 2 aromatic rings. The largest absolute Gasteiger partial charge is 0.312 e. The maximum absolute atomic E-state index is 12.7. The standard InChI is InChI=1S/C16H18FNS/c1-19-16-8-4-14(5-9-16)12-18-11-10-13-2-6-15(17)7-3-13/h2-9,18H,10-12H2,1H3. The number of benzene rings is 2. The summed E-state index contributed by atoms with van der Waals surface area (Å²) in [6, 6.07) is 15.3. The van der Waals surface area contributed by atoms with Crippen LogP contribution in [0.4, 0.5) is 4.39 Å². The number of nitrogens with one attached hydrogen (secondary N) is 1. The molecule has 0 aromatic heterocycles. The van der Waals surface area contributed by atoms with Crippen molar-refractivity contribution in [3.63, 3.8) is 0 Å². The normalized spacial score (nSPS) is 10.6. The Morgan fingerprint density at radius 3 is 2.21 bits per heavy atom. The second kappa shape index (κ2) is 7.31. The third-order valence-corrected chi connectivity index (χ3v) is 3.74. The predicted molar refractivity (Wildman–Crippen MR) is 80.0 cm³/mol. The molecule has 0 aliphatic heterocycles. The van der Waals surface area contributed by atoms with Gasteiger partial charge in [0, 0.05) is 11.4 Å². The van der Waals surface area contributed by atoms with Crippen molar-refractivity contribution in [1.29, 1.82) is 0 Å².